The van der Waals surface area contributed by atoms with E-state index in [1.165, 1.54) is 0 Å². The molecule has 25 heavy (non-hydrogen) atoms. The van der Waals surface area contributed by atoms with Crippen molar-refractivity contribution in [1.82, 2.24) is 15.5 Å². The van der Waals surface area contributed by atoms with Gasteiger partial charge in [0.05, 0.1) is 11.1 Å². The summed E-state index contributed by atoms with van der Waals surface area (Å²) >= 11 is 0. The first-order valence-corrected chi connectivity index (χ1v) is 8.17. The maximum Gasteiger partial charge on any atom is 0.314 e. The highest BCUT2D eigenvalue weighted by Crippen LogP contribution is 2.21. The predicted molar refractivity (Wildman–Crippen MR) is 93.4 cm³/mol. The van der Waals surface area contributed by atoms with Crippen LogP contribution in [-0.2, 0) is 6.42 Å². The summed E-state index contributed by atoms with van der Waals surface area (Å²) in [4.78, 5) is 37.3. The van der Waals surface area contributed by atoms with Gasteiger partial charge in [-0.15, -0.1) is 0 Å². The Balaban J connectivity index is 1.40. The van der Waals surface area contributed by atoms with E-state index in [9.17, 15) is 14.4 Å². The molecular formula is C19H19N3O3. The van der Waals surface area contributed by atoms with Crippen LogP contribution < -0.4 is 10.6 Å². The lowest BCUT2D eigenvalue weighted by atomic mass is 10.1. The number of amides is 4. The van der Waals surface area contributed by atoms with Gasteiger partial charge in [0.2, 0.25) is 0 Å². The summed E-state index contributed by atoms with van der Waals surface area (Å²) in [6.07, 6.45) is 0.743. The summed E-state index contributed by atoms with van der Waals surface area (Å²) in [5, 5.41) is 5.43. The third-order valence-corrected chi connectivity index (χ3v) is 4.04. The molecule has 1 aliphatic rings. The van der Waals surface area contributed by atoms with Crippen LogP contribution in [0.1, 0.15) is 26.3 Å². The second-order valence-corrected chi connectivity index (χ2v) is 5.73. The average Bonchev–Trinajstić information content (AvgIpc) is 2.88. The molecule has 0 saturated carbocycles. The van der Waals surface area contributed by atoms with Gasteiger partial charge in [0.1, 0.15) is 0 Å². The van der Waals surface area contributed by atoms with Crippen molar-refractivity contribution < 1.29 is 14.4 Å². The van der Waals surface area contributed by atoms with Crippen molar-refractivity contribution in [2.24, 2.45) is 0 Å². The van der Waals surface area contributed by atoms with Crippen molar-refractivity contribution in [3.05, 3.63) is 71.3 Å². The molecule has 0 bridgehead atoms. The fraction of sp³-hybridized carbons (Fsp3) is 0.211. The van der Waals surface area contributed by atoms with Crippen LogP contribution in [0.4, 0.5) is 4.79 Å². The summed E-state index contributed by atoms with van der Waals surface area (Å²) in [5.41, 5.74) is 1.98. The molecule has 2 aromatic rings. The highest BCUT2D eigenvalue weighted by atomic mass is 16.2. The highest BCUT2D eigenvalue weighted by molar-refractivity contribution is 6.21. The van der Waals surface area contributed by atoms with Crippen LogP contribution in [-0.4, -0.2) is 42.4 Å². The standard InChI is InChI=1S/C19H19N3O3/c23-17-15-8-4-5-9-16(15)18(24)22(17)13-12-21-19(25)20-11-10-14-6-2-1-3-7-14/h1-9H,10-13H2,(H2,20,21,25). The van der Waals surface area contributed by atoms with E-state index in [4.69, 9.17) is 0 Å². The number of imide groups is 1. The Morgan fingerprint density at radius 1 is 0.800 bits per heavy atom. The topological polar surface area (TPSA) is 78.5 Å². The second kappa shape index (κ2) is 7.61. The molecule has 0 fully saturated rings. The van der Waals surface area contributed by atoms with Gasteiger partial charge in [-0.25, -0.2) is 4.79 Å². The number of carbonyl (C=O) groups is 3. The zero-order chi connectivity index (χ0) is 17.6. The summed E-state index contributed by atoms with van der Waals surface area (Å²) in [6.45, 7) is 0.879. The number of carbonyl (C=O) groups excluding carboxylic acids is 3. The average molecular weight is 337 g/mol. The lowest BCUT2D eigenvalue weighted by Gasteiger charge is -2.14. The zero-order valence-corrected chi connectivity index (χ0v) is 13.7. The Labute approximate surface area is 145 Å². The first-order chi connectivity index (χ1) is 12.2. The van der Waals surface area contributed by atoms with E-state index in [0.29, 0.717) is 17.7 Å². The number of benzene rings is 2. The predicted octanol–water partition coefficient (Wildman–Crippen LogP) is 1.82. The smallest absolute Gasteiger partial charge is 0.314 e. The zero-order valence-electron chi connectivity index (χ0n) is 13.7. The minimum Gasteiger partial charge on any atom is -0.338 e. The van der Waals surface area contributed by atoms with Gasteiger partial charge in [-0.1, -0.05) is 42.5 Å². The van der Waals surface area contributed by atoms with Crippen LogP contribution in [0.3, 0.4) is 0 Å². The molecule has 2 aromatic carbocycles. The van der Waals surface area contributed by atoms with E-state index in [0.717, 1.165) is 16.9 Å². The minimum atomic E-state index is -0.313. The molecular weight excluding hydrogens is 318 g/mol. The number of fused-ring (bicyclic) bond motifs is 1. The van der Waals surface area contributed by atoms with Gasteiger partial charge in [-0.2, -0.15) is 0 Å². The van der Waals surface area contributed by atoms with E-state index in [1.54, 1.807) is 24.3 Å². The molecule has 6 heteroatoms. The van der Waals surface area contributed by atoms with Crippen molar-refractivity contribution in [1.29, 1.82) is 0 Å². The highest BCUT2D eigenvalue weighted by Gasteiger charge is 2.34. The molecule has 0 aliphatic carbocycles. The largest absolute Gasteiger partial charge is 0.338 e. The van der Waals surface area contributed by atoms with E-state index in [-0.39, 0.29) is 30.9 Å². The van der Waals surface area contributed by atoms with Crippen LogP contribution in [0, 0.1) is 0 Å². The molecule has 0 radical (unpaired) electrons. The van der Waals surface area contributed by atoms with Crippen LogP contribution in [0.15, 0.2) is 54.6 Å². The molecule has 1 aliphatic heterocycles. The van der Waals surface area contributed by atoms with Crippen molar-refractivity contribution >= 4 is 17.8 Å². The van der Waals surface area contributed by atoms with Gasteiger partial charge >= 0.3 is 6.03 Å². The summed E-state index contributed by atoms with van der Waals surface area (Å²) < 4.78 is 0. The lowest BCUT2D eigenvalue weighted by molar-refractivity contribution is 0.0656. The number of nitrogens with zero attached hydrogens (tertiary/aromatic N) is 1. The van der Waals surface area contributed by atoms with Crippen LogP contribution >= 0.6 is 0 Å². The van der Waals surface area contributed by atoms with Crippen LogP contribution in [0.5, 0.6) is 0 Å². The number of urea groups is 1. The van der Waals surface area contributed by atoms with E-state index in [1.807, 2.05) is 30.3 Å². The van der Waals surface area contributed by atoms with Gasteiger partial charge in [-0.3, -0.25) is 14.5 Å². The van der Waals surface area contributed by atoms with Gasteiger partial charge < -0.3 is 10.6 Å². The Hall–Kier alpha value is -3.15. The van der Waals surface area contributed by atoms with Crippen molar-refractivity contribution in [2.45, 2.75) is 6.42 Å². The number of nitrogens with one attached hydrogen (secondary N) is 2. The Kier molecular flexibility index (Phi) is 5.09. The first kappa shape index (κ1) is 16.7. The Bertz CT molecular complexity index is 755. The Morgan fingerprint density at radius 2 is 1.36 bits per heavy atom. The second-order valence-electron chi connectivity index (χ2n) is 5.73. The summed E-state index contributed by atoms with van der Waals surface area (Å²) in [5.74, 6) is -0.626. The van der Waals surface area contributed by atoms with Gasteiger partial charge in [0, 0.05) is 19.6 Å². The number of hydrogen-bond acceptors (Lipinski definition) is 3. The molecule has 3 rings (SSSR count). The minimum absolute atomic E-state index is 0.151. The van der Waals surface area contributed by atoms with E-state index < -0.39 is 0 Å². The molecule has 6 nitrogen and oxygen atoms in total. The van der Waals surface area contributed by atoms with Crippen molar-refractivity contribution in [3.8, 4) is 0 Å². The molecule has 1 heterocycles. The van der Waals surface area contributed by atoms with Crippen LogP contribution in [0.25, 0.3) is 0 Å². The molecule has 0 saturated heterocycles. The van der Waals surface area contributed by atoms with E-state index in [2.05, 4.69) is 10.6 Å². The summed E-state index contributed by atoms with van der Waals surface area (Å²) in [6, 6.07) is 16.3. The normalized spacial score (nSPS) is 12.9. The maximum absolute atomic E-state index is 12.2. The van der Waals surface area contributed by atoms with E-state index >= 15 is 0 Å². The molecule has 2 N–H and O–H groups in total. The SMILES string of the molecule is O=C(NCCc1ccccc1)NCCN1C(=O)c2ccccc2C1=O. The Morgan fingerprint density at radius 3 is 2.00 bits per heavy atom. The molecule has 0 aromatic heterocycles. The van der Waals surface area contributed by atoms with Gasteiger partial charge in [0.25, 0.3) is 11.8 Å². The molecule has 0 unspecified atom stereocenters. The third-order valence-electron chi connectivity index (χ3n) is 4.04. The molecule has 128 valence electrons. The molecule has 4 amide bonds. The van der Waals surface area contributed by atoms with Gasteiger partial charge in [0.15, 0.2) is 0 Å². The maximum atomic E-state index is 12.2. The lowest BCUT2D eigenvalue weighted by Crippen LogP contribution is -2.42. The third kappa shape index (κ3) is 3.85. The molecule has 0 atom stereocenters. The van der Waals surface area contributed by atoms with Gasteiger partial charge in [-0.05, 0) is 24.1 Å². The molecule has 0 spiro atoms. The number of rotatable bonds is 6. The quantitative estimate of drug-likeness (QED) is 0.789. The van der Waals surface area contributed by atoms with Crippen molar-refractivity contribution in [3.63, 3.8) is 0 Å². The number of hydrogen-bond donors (Lipinski definition) is 2. The fourth-order valence-electron chi connectivity index (χ4n) is 2.75. The summed E-state index contributed by atoms with van der Waals surface area (Å²) in [7, 11) is 0. The fourth-order valence-corrected chi connectivity index (χ4v) is 2.75. The van der Waals surface area contributed by atoms with Crippen LogP contribution in [0.2, 0.25) is 0 Å². The monoisotopic (exact) mass is 337 g/mol. The first-order valence-electron chi connectivity index (χ1n) is 8.17. The van der Waals surface area contributed by atoms with Crippen molar-refractivity contribution in [2.75, 3.05) is 19.6 Å².